The Balaban J connectivity index is 2.15. The molecule has 3 rings (SSSR count). The Morgan fingerprint density at radius 3 is 2.43 bits per heavy atom. The highest BCUT2D eigenvalue weighted by Gasteiger charge is 2.18. The van der Waals surface area contributed by atoms with E-state index < -0.39 is 0 Å². The number of carbonyl (C=O) groups is 1. The first kappa shape index (κ1) is 13.2. The third-order valence-corrected chi connectivity index (χ3v) is 3.36. The van der Waals surface area contributed by atoms with Gasteiger partial charge in [-0.3, -0.25) is 4.79 Å². The van der Waals surface area contributed by atoms with Gasteiger partial charge in [0.1, 0.15) is 5.82 Å². The van der Waals surface area contributed by atoms with Crippen LogP contribution in [0.25, 0.3) is 10.9 Å². The maximum atomic E-state index is 12.5. The van der Waals surface area contributed by atoms with E-state index in [-0.39, 0.29) is 5.78 Å². The second-order valence-corrected chi connectivity index (χ2v) is 5.02. The molecule has 2 N–H and O–H groups in total. The number of allylic oxidation sites excluding steroid dienone is 1. The number of fused-ring (bicyclic) bond motifs is 1. The fourth-order valence-corrected chi connectivity index (χ4v) is 2.35. The van der Waals surface area contributed by atoms with Crippen LogP contribution in [0.4, 0.5) is 11.5 Å². The maximum absolute atomic E-state index is 12.5. The van der Waals surface area contributed by atoms with E-state index in [0.717, 1.165) is 16.6 Å². The van der Waals surface area contributed by atoms with Crippen molar-refractivity contribution in [1.29, 1.82) is 0 Å². The molecule has 0 aliphatic heterocycles. The molecule has 3 aromatic rings. The molecule has 1 heterocycles. The van der Waals surface area contributed by atoms with Gasteiger partial charge >= 0.3 is 0 Å². The highest BCUT2D eigenvalue weighted by Crippen LogP contribution is 2.30. The van der Waals surface area contributed by atoms with Gasteiger partial charge < -0.3 is 10.3 Å². The zero-order chi connectivity index (χ0) is 14.8. The Kier molecular flexibility index (Phi) is 3.32. The minimum absolute atomic E-state index is 0.0501. The fourth-order valence-electron chi connectivity index (χ4n) is 2.35. The minimum atomic E-state index is -0.0501. The van der Waals surface area contributed by atoms with Crippen LogP contribution in [0.1, 0.15) is 17.3 Å². The van der Waals surface area contributed by atoms with Crippen LogP contribution in [0.2, 0.25) is 0 Å². The Morgan fingerprint density at radius 2 is 1.71 bits per heavy atom. The minimum Gasteiger partial charge on any atom is -0.341 e. The van der Waals surface area contributed by atoms with Crippen LogP contribution in [0.15, 0.2) is 66.7 Å². The first-order valence-electron chi connectivity index (χ1n) is 6.80. The molecule has 104 valence electrons. The summed E-state index contributed by atoms with van der Waals surface area (Å²) in [6, 6.07) is 17.5. The predicted molar refractivity (Wildman–Crippen MR) is 87.2 cm³/mol. The number of nitrogens with one attached hydrogen (secondary N) is 2. The molecular weight excluding hydrogens is 260 g/mol. The number of para-hydroxylation sites is 2. The SMILES string of the molecule is C=C(C)C(=O)c1c(Nc2ccccc2)[nH]c2ccccc12. The van der Waals surface area contributed by atoms with Crippen LogP contribution in [0.5, 0.6) is 0 Å². The van der Waals surface area contributed by atoms with Gasteiger partial charge in [-0.2, -0.15) is 0 Å². The number of hydrogen-bond acceptors (Lipinski definition) is 2. The molecule has 21 heavy (non-hydrogen) atoms. The van der Waals surface area contributed by atoms with Crippen molar-refractivity contribution < 1.29 is 4.79 Å². The van der Waals surface area contributed by atoms with Gasteiger partial charge in [0.15, 0.2) is 5.78 Å². The molecule has 0 atom stereocenters. The number of carbonyl (C=O) groups excluding carboxylic acids is 1. The second kappa shape index (κ2) is 5.29. The van der Waals surface area contributed by atoms with Crippen LogP contribution in [-0.2, 0) is 0 Å². The Morgan fingerprint density at radius 1 is 1.05 bits per heavy atom. The van der Waals surface area contributed by atoms with E-state index in [1.54, 1.807) is 6.92 Å². The van der Waals surface area contributed by atoms with Crippen molar-refractivity contribution in [2.24, 2.45) is 0 Å². The van der Waals surface area contributed by atoms with E-state index in [0.29, 0.717) is 17.0 Å². The summed E-state index contributed by atoms with van der Waals surface area (Å²) in [5.41, 5.74) is 3.03. The predicted octanol–water partition coefficient (Wildman–Crippen LogP) is 4.67. The molecule has 3 heteroatoms. The summed E-state index contributed by atoms with van der Waals surface area (Å²) < 4.78 is 0. The Labute approximate surface area is 123 Å². The number of ketones is 1. The van der Waals surface area contributed by atoms with Crippen LogP contribution >= 0.6 is 0 Å². The zero-order valence-electron chi connectivity index (χ0n) is 11.8. The molecule has 0 fully saturated rings. The van der Waals surface area contributed by atoms with Gasteiger partial charge in [-0.25, -0.2) is 0 Å². The number of rotatable bonds is 4. The average molecular weight is 276 g/mol. The molecule has 0 saturated carbocycles. The first-order chi connectivity index (χ1) is 10.2. The van der Waals surface area contributed by atoms with Crippen LogP contribution in [0, 0.1) is 0 Å². The average Bonchev–Trinajstić information content (AvgIpc) is 2.85. The molecule has 0 spiro atoms. The number of benzene rings is 2. The van der Waals surface area contributed by atoms with E-state index in [2.05, 4.69) is 16.9 Å². The van der Waals surface area contributed by atoms with E-state index >= 15 is 0 Å². The highest BCUT2D eigenvalue weighted by atomic mass is 16.1. The molecule has 0 bridgehead atoms. The van der Waals surface area contributed by atoms with Crippen molar-refractivity contribution in [2.45, 2.75) is 6.92 Å². The Hall–Kier alpha value is -2.81. The quantitative estimate of drug-likeness (QED) is 0.537. The lowest BCUT2D eigenvalue weighted by molar-refractivity contribution is 0.103. The smallest absolute Gasteiger partial charge is 0.192 e. The van der Waals surface area contributed by atoms with E-state index in [1.807, 2.05) is 54.6 Å². The van der Waals surface area contributed by atoms with Gasteiger partial charge in [0.2, 0.25) is 0 Å². The Bertz CT molecular complexity index is 816. The monoisotopic (exact) mass is 276 g/mol. The summed E-state index contributed by atoms with van der Waals surface area (Å²) in [6.45, 7) is 5.51. The fraction of sp³-hybridized carbons (Fsp3) is 0.0556. The zero-order valence-corrected chi connectivity index (χ0v) is 11.8. The molecule has 1 aromatic heterocycles. The van der Waals surface area contributed by atoms with Crippen LogP contribution < -0.4 is 5.32 Å². The summed E-state index contributed by atoms with van der Waals surface area (Å²) in [5, 5.41) is 4.19. The van der Waals surface area contributed by atoms with Crippen molar-refractivity contribution in [1.82, 2.24) is 4.98 Å². The van der Waals surface area contributed by atoms with Gasteiger partial charge in [-0.15, -0.1) is 0 Å². The van der Waals surface area contributed by atoms with Crippen molar-refractivity contribution in [3.8, 4) is 0 Å². The van der Waals surface area contributed by atoms with Crippen molar-refractivity contribution in [3.05, 3.63) is 72.3 Å². The normalized spacial score (nSPS) is 10.5. The standard InChI is InChI=1S/C18H16N2O/c1-12(2)17(21)16-14-10-6-7-11-15(14)20-18(16)19-13-8-4-3-5-9-13/h3-11,19-20H,1H2,2H3. The molecule has 0 aliphatic rings. The second-order valence-electron chi connectivity index (χ2n) is 5.02. The summed E-state index contributed by atoms with van der Waals surface area (Å²) >= 11 is 0. The summed E-state index contributed by atoms with van der Waals surface area (Å²) in [6.07, 6.45) is 0. The molecule has 2 aromatic carbocycles. The molecular formula is C18H16N2O. The van der Waals surface area contributed by atoms with Gasteiger partial charge in [-0.05, 0) is 30.7 Å². The van der Waals surface area contributed by atoms with Crippen LogP contribution in [-0.4, -0.2) is 10.8 Å². The first-order valence-corrected chi connectivity index (χ1v) is 6.80. The number of H-pyrrole nitrogens is 1. The molecule has 0 unspecified atom stereocenters. The van der Waals surface area contributed by atoms with Crippen molar-refractivity contribution in [3.63, 3.8) is 0 Å². The third kappa shape index (κ3) is 2.46. The lowest BCUT2D eigenvalue weighted by atomic mass is 10.0. The van der Waals surface area contributed by atoms with Gasteiger partial charge in [0.05, 0.1) is 5.56 Å². The highest BCUT2D eigenvalue weighted by molar-refractivity contribution is 6.19. The van der Waals surface area contributed by atoms with E-state index in [9.17, 15) is 4.79 Å². The summed E-state index contributed by atoms with van der Waals surface area (Å²) in [7, 11) is 0. The number of aromatic amines is 1. The van der Waals surface area contributed by atoms with Crippen LogP contribution in [0.3, 0.4) is 0 Å². The molecule has 0 amide bonds. The summed E-state index contributed by atoms with van der Waals surface area (Å²) in [5.74, 6) is 0.654. The van der Waals surface area contributed by atoms with E-state index in [1.165, 1.54) is 0 Å². The maximum Gasteiger partial charge on any atom is 0.192 e. The topological polar surface area (TPSA) is 44.9 Å². The summed E-state index contributed by atoms with van der Waals surface area (Å²) in [4.78, 5) is 15.7. The number of Topliss-reactive ketones (excluding diaryl/α,β-unsaturated/α-hetero) is 1. The van der Waals surface area contributed by atoms with Crippen molar-refractivity contribution in [2.75, 3.05) is 5.32 Å². The number of anilines is 2. The third-order valence-electron chi connectivity index (χ3n) is 3.36. The van der Waals surface area contributed by atoms with Gasteiger partial charge in [-0.1, -0.05) is 43.0 Å². The molecule has 3 nitrogen and oxygen atoms in total. The number of aromatic nitrogens is 1. The largest absolute Gasteiger partial charge is 0.341 e. The number of hydrogen-bond donors (Lipinski definition) is 2. The lowest BCUT2D eigenvalue weighted by Gasteiger charge is -2.07. The molecule has 0 saturated heterocycles. The lowest BCUT2D eigenvalue weighted by Crippen LogP contribution is -2.03. The van der Waals surface area contributed by atoms with Gasteiger partial charge in [0.25, 0.3) is 0 Å². The molecule has 0 aliphatic carbocycles. The molecule has 0 radical (unpaired) electrons. The van der Waals surface area contributed by atoms with Crippen molar-refractivity contribution >= 4 is 28.2 Å². The van der Waals surface area contributed by atoms with Gasteiger partial charge in [0, 0.05) is 16.6 Å². The van der Waals surface area contributed by atoms with E-state index in [4.69, 9.17) is 0 Å².